The highest BCUT2D eigenvalue weighted by Crippen LogP contribution is 2.28. The summed E-state index contributed by atoms with van der Waals surface area (Å²) in [4.78, 5) is 30.5. The van der Waals surface area contributed by atoms with Gasteiger partial charge in [-0.15, -0.1) is 22.7 Å². The first-order valence-corrected chi connectivity index (χ1v) is 10.5. The summed E-state index contributed by atoms with van der Waals surface area (Å²) in [5.74, 6) is -0.334. The van der Waals surface area contributed by atoms with Crippen molar-refractivity contribution in [1.82, 2.24) is 20.1 Å². The smallest absolute Gasteiger partial charge is 0.263 e. The highest BCUT2D eigenvalue weighted by Gasteiger charge is 2.12. The van der Waals surface area contributed by atoms with E-state index in [1.807, 2.05) is 41.8 Å². The summed E-state index contributed by atoms with van der Waals surface area (Å²) in [5, 5.41) is 12.6. The van der Waals surface area contributed by atoms with Crippen molar-refractivity contribution in [3.8, 4) is 9.88 Å². The maximum Gasteiger partial charge on any atom is 0.263 e. The van der Waals surface area contributed by atoms with Crippen LogP contribution >= 0.6 is 22.7 Å². The number of hydrogen-bond donors (Lipinski definition) is 2. The summed E-state index contributed by atoms with van der Waals surface area (Å²) in [7, 11) is 0. The molecule has 0 aliphatic rings. The van der Waals surface area contributed by atoms with E-state index in [2.05, 4.69) is 20.7 Å². The van der Waals surface area contributed by atoms with Crippen LogP contribution in [0, 0.1) is 0 Å². The summed E-state index contributed by atoms with van der Waals surface area (Å²) in [6, 6.07) is 13.1. The molecule has 0 radical (unpaired) electrons. The molecule has 29 heavy (non-hydrogen) atoms. The molecule has 146 valence electrons. The van der Waals surface area contributed by atoms with Crippen molar-refractivity contribution >= 4 is 40.2 Å². The monoisotopic (exact) mass is 423 g/mol. The molecule has 4 aromatic rings. The van der Waals surface area contributed by atoms with Crippen molar-refractivity contribution in [2.45, 2.75) is 13.1 Å². The number of amides is 2. The lowest BCUT2D eigenvalue weighted by Gasteiger charge is -2.08. The van der Waals surface area contributed by atoms with Crippen molar-refractivity contribution in [2.24, 2.45) is 0 Å². The zero-order valence-corrected chi connectivity index (χ0v) is 16.9. The number of aromatic nitrogens is 3. The maximum absolute atomic E-state index is 12.4. The molecule has 0 aliphatic heterocycles. The van der Waals surface area contributed by atoms with Gasteiger partial charge in [-0.05, 0) is 35.2 Å². The summed E-state index contributed by atoms with van der Waals surface area (Å²) >= 11 is 2.96. The number of hydrogen-bond acceptors (Lipinski definition) is 6. The van der Waals surface area contributed by atoms with Crippen LogP contribution in [0.5, 0.6) is 0 Å². The van der Waals surface area contributed by atoms with Crippen LogP contribution in [0.4, 0.5) is 5.69 Å². The van der Waals surface area contributed by atoms with E-state index in [4.69, 9.17) is 0 Å². The van der Waals surface area contributed by atoms with Gasteiger partial charge in [0.25, 0.3) is 5.91 Å². The molecule has 0 fully saturated rings. The zero-order chi connectivity index (χ0) is 20.1. The van der Waals surface area contributed by atoms with Crippen LogP contribution < -0.4 is 10.6 Å². The number of nitrogens with zero attached hydrogens (tertiary/aromatic N) is 3. The van der Waals surface area contributed by atoms with Gasteiger partial charge in [-0.1, -0.05) is 18.2 Å². The lowest BCUT2D eigenvalue weighted by molar-refractivity contribution is -0.116. The molecule has 0 atom stereocenters. The topological polar surface area (TPSA) is 88.9 Å². The number of carbonyl (C=O) groups excluding carboxylic acids is 2. The van der Waals surface area contributed by atoms with Gasteiger partial charge in [0.2, 0.25) is 5.91 Å². The molecule has 7 nitrogen and oxygen atoms in total. The highest BCUT2D eigenvalue weighted by atomic mass is 32.1. The normalized spacial score (nSPS) is 10.6. The van der Waals surface area contributed by atoms with Gasteiger partial charge >= 0.3 is 0 Å². The number of carbonyl (C=O) groups is 2. The number of thiazole rings is 1. The molecule has 0 bridgehead atoms. The molecule has 3 aromatic heterocycles. The van der Waals surface area contributed by atoms with Crippen LogP contribution in [0.1, 0.15) is 15.2 Å². The van der Waals surface area contributed by atoms with Gasteiger partial charge in [0.15, 0.2) is 0 Å². The fourth-order valence-corrected chi connectivity index (χ4v) is 4.30. The van der Waals surface area contributed by atoms with Gasteiger partial charge in [0.05, 0.1) is 11.1 Å². The number of anilines is 1. The third-order valence-electron chi connectivity index (χ3n) is 3.99. The third-order valence-corrected chi connectivity index (χ3v) is 6.03. The molecule has 1 aromatic carbocycles. The average Bonchev–Trinajstić information content (AvgIpc) is 3.48. The minimum absolute atomic E-state index is 0.145. The van der Waals surface area contributed by atoms with Gasteiger partial charge in [-0.25, -0.2) is 4.98 Å². The van der Waals surface area contributed by atoms with Crippen LogP contribution in [-0.4, -0.2) is 26.6 Å². The van der Waals surface area contributed by atoms with Gasteiger partial charge in [0, 0.05) is 24.6 Å². The predicted octanol–water partition coefficient (Wildman–Crippen LogP) is 3.64. The van der Waals surface area contributed by atoms with Gasteiger partial charge in [-0.2, -0.15) is 5.10 Å². The Hall–Kier alpha value is -3.30. The van der Waals surface area contributed by atoms with Crippen LogP contribution in [0.3, 0.4) is 0 Å². The second-order valence-corrected chi connectivity index (χ2v) is 8.12. The lowest BCUT2D eigenvalue weighted by Crippen LogP contribution is -2.22. The molecular formula is C20H17N5O2S2. The number of benzene rings is 1. The number of rotatable bonds is 7. The molecule has 2 N–H and O–H groups in total. The zero-order valence-electron chi connectivity index (χ0n) is 15.2. The van der Waals surface area contributed by atoms with Crippen molar-refractivity contribution in [2.75, 3.05) is 5.32 Å². The minimum atomic E-state index is -0.168. The predicted molar refractivity (Wildman–Crippen MR) is 114 cm³/mol. The first-order valence-electron chi connectivity index (χ1n) is 8.81. The minimum Gasteiger partial charge on any atom is -0.347 e. The molecule has 9 heteroatoms. The van der Waals surface area contributed by atoms with E-state index >= 15 is 0 Å². The summed E-state index contributed by atoms with van der Waals surface area (Å²) in [5.41, 5.74) is 1.56. The molecule has 0 aliphatic carbocycles. The van der Waals surface area contributed by atoms with Crippen LogP contribution in [0.2, 0.25) is 0 Å². The van der Waals surface area contributed by atoms with Crippen LogP contribution in [0.15, 0.2) is 66.4 Å². The van der Waals surface area contributed by atoms with E-state index in [0.29, 0.717) is 17.1 Å². The Bertz CT molecular complexity index is 1100. The molecule has 3 heterocycles. The van der Waals surface area contributed by atoms with E-state index in [0.717, 1.165) is 15.4 Å². The Morgan fingerprint density at radius 2 is 2.07 bits per heavy atom. The first kappa shape index (κ1) is 19.0. The van der Waals surface area contributed by atoms with Crippen molar-refractivity contribution in [1.29, 1.82) is 0 Å². The Labute approximate surface area is 175 Å². The second-order valence-electron chi connectivity index (χ2n) is 6.14. The second kappa shape index (κ2) is 8.80. The third kappa shape index (κ3) is 4.95. The van der Waals surface area contributed by atoms with E-state index < -0.39 is 0 Å². The standard InChI is InChI=1S/C20H17N5O2S2/c26-18(13-25-8-3-7-23-25)24-15-5-1-4-14(10-15)11-21-19(27)17-12-22-20(29-17)16-6-2-9-28-16/h1-10,12H,11,13H2,(H,21,27)(H,24,26). The molecule has 2 amide bonds. The quantitative estimate of drug-likeness (QED) is 0.475. The SMILES string of the molecule is O=C(Cn1cccn1)Nc1cccc(CNC(=O)c2cnc(-c3cccs3)s2)c1. The fraction of sp³-hybridized carbons (Fsp3) is 0.100. The summed E-state index contributed by atoms with van der Waals surface area (Å²) in [6.45, 7) is 0.500. The molecule has 4 rings (SSSR count). The Kier molecular flexibility index (Phi) is 5.78. The number of nitrogens with one attached hydrogen (secondary N) is 2. The van der Waals surface area contributed by atoms with Crippen LogP contribution in [0.25, 0.3) is 9.88 Å². The van der Waals surface area contributed by atoms with Gasteiger partial charge in [0.1, 0.15) is 16.4 Å². The molecule has 0 saturated carbocycles. The van der Waals surface area contributed by atoms with E-state index in [9.17, 15) is 9.59 Å². The largest absolute Gasteiger partial charge is 0.347 e. The molecular weight excluding hydrogens is 406 g/mol. The van der Waals surface area contributed by atoms with E-state index in [1.54, 1.807) is 40.7 Å². The molecule has 0 spiro atoms. The van der Waals surface area contributed by atoms with Gasteiger partial charge < -0.3 is 10.6 Å². The van der Waals surface area contributed by atoms with Gasteiger partial charge in [-0.3, -0.25) is 14.3 Å². The first-order chi connectivity index (χ1) is 14.2. The number of thiophene rings is 1. The summed E-state index contributed by atoms with van der Waals surface area (Å²) < 4.78 is 1.55. The molecule has 0 unspecified atom stereocenters. The highest BCUT2D eigenvalue weighted by molar-refractivity contribution is 7.21. The maximum atomic E-state index is 12.4. The average molecular weight is 424 g/mol. The van der Waals surface area contributed by atoms with E-state index in [1.165, 1.54) is 11.3 Å². The Balaban J connectivity index is 1.33. The Morgan fingerprint density at radius 3 is 2.86 bits per heavy atom. The van der Waals surface area contributed by atoms with Crippen molar-refractivity contribution < 1.29 is 9.59 Å². The fourth-order valence-electron chi connectivity index (χ4n) is 2.66. The van der Waals surface area contributed by atoms with Crippen LogP contribution in [-0.2, 0) is 17.9 Å². The molecule has 0 saturated heterocycles. The Morgan fingerprint density at radius 1 is 1.14 bits per heavy atom. The lowest BCUT2D eigenvalue weighted by atomic mass is 10.2. The summed E-state index contributed by atoms with van der Waals surface area (Å²) in [6.07, 6.45) is 4.96. The van der Waals surface area contributed by atoms with Crippen molar-refractivity contribution in [3.05, 3.63) is 76.9 Å². The van der Waals surface area contributed by atoms with Crippen molar-refractivity contribution in [3.63, 3.8) is 0 Å². The van der Waals surface area contributed by atoms with E-state index in [-0.39, 0.29) is 18.4 Å².